The van der Waals surface area contributed by atoms with Crippen LogP contribution in [0.4, 0.5) is 24.5 Å². The standard InChI is InChI=1S/C28H20F3N5O3S/c1-14(32)19-9-15(5-7-23(19)33)16-10-20-21(13-35-28(20)34-12-16)27(37)25-22(30)6-8-24(26(25)31)36-40(38,39)18-4-2-3-17(29)11-18/h2-13,32,36H,33H2,1H3,(H,34,35). The third kappa shape index (κ3) is 4.80. The van der Waals surface area contributed by atoms with Gasteiger partial charge in [-0.1, -0.05) is 12.1 Å². The van der Waals surface area contributed by atoms with Gasteiger partial charge in [0.2, 0.25) is 5.78 Å². The van der Waals surface area contributed by atoms with E-state index in [-0.39, 0.29) is 22.3 Å². The fourth-order valence-electron chi connectivity index (χ4n) is 4.22. The number of H-pyrrole nitrogens is 1. The molecule has 2 aromatic heterocycles. The largest absolute Gasteiger partial charge is 0.398 e. The number of nitrogens with two attached hydrogens (primary N) is 1. The lowest BCUT2D eigenvalue weighted by molar-refractivity contribution is 0.103. The van der Waals surface area contributed by atoms with E-state index >= 15 is 4.39 Å². The topological polar surface area (TPSA) is 142 Å². The molecule has 0 fully saturated rings. The molecule has 0 aliphatic heterocycles. The molecule has 0 saturated carbocycles. The fourth-order valence-corrected chi connectivity index (χ4v) is 5.31. The Bertz CT molecular complexity index is 1950. The Morgan fingerprint density at radius 3 is 2.50 bits per heavy atom. The highest BCUT2D eigenvalue weighted by molar-refractivity contribution is 7.92. The van der Waals surface area contributed by atoms with E-state index in [0.717, 1.165) is 36.4 Å². The number of rotatable bonds is 7. The number of aromatic nitrogens is 2. The quantitative estimate of drug-likeness (QED) is 0.115. The number of carbonyl (C=O) groups is 1. The molecule has 0 saturated heterocycles. The van der Waals surface area contributed by atoms with Crippen LogP contribution in [-0.2, 0) is 10.0 Å². The molecule has 8 nitrogen and oxygen atoms in total. The van der Waals surface area contributed by atoms with E-state index in [1.807, 2.05) is 4.72 Å². The van der Waals surface area contributed by atoms with Crippen molar-refractivity contribution in [3.63, 3.8) is 0 Å². The van der Waals surface area contributed by atoms with Gasteiger partial charge in [-0.3, -0.25) is 9.52 Å². The molecule has 40 heavy (non-hydrogen) atoms. The van der Waals surface area contributed by atoms with Crippen LogP contribution in [0.5, 0.6) is 0 Å². The summed E-state index contributed by atoms with van der Waals surface area (Å²) in [4.78, 5) is 20.0. The summed E-state index contributed by atoms with van der Waals surface area (Å²) in [5.41, 5.74) is 6.84. The predicted octanol–water partition coefficient (Wildman–Crippen LogP) is 5.65. The first-order chi connectivity index (χ1) is 19.0. The van der Waals surface area contributed by atoms with Crippen molar-refractivity contribution in [2.45, 2.75) is 11.8 Å². The van der Waals surface area contributed by atoms with Gasteiger partial charge in [0.05, 0.1) is 16.1 Å². The van der Waals surface area contributed by atoms with Gasteiger partial charge in [0.15, 0.2) is 5.82 Å². The second-order valence-electron chi connectivity index (χ2n) is 8.93. The van der Waals surface area contributed by atoms with E-state index in [1.165, 1.54) is 12.4 Å². The first-order valence-corrected chi connectivity index (χ1v) is 13.2. The van der Waals surface area contributed by atoms with Crippen LogP contribution in [0.1, 0.15) is 28.4 Å². The molecule has 0 aliphatic rings. The molecule has 0 spiro atoms. The van der Waals surface area contributed by atoms with Crippen molar-refractivity contribution >= 4 is 43.9 Å². The van der Waals surface area contributed by atoms with E-state index in [1.54, 1.807) is 31.2 Å². The number of benzene rings is 3. The molecule has 202 valence electrons. The minimum atomic E-state index is -4.46. The lowest BCUT2D eigenvalue weighted by atomic mass is 9.98. The number of halogens is 3. The van der Waals surface area contributed by atoms with Crippen molar-refractivity contribution < 1.29 is 26.4 Å². The average Bonchev–Trinajstić information content (AvgIpc) is 3.34. The smallest absolute Gasteiger partial charge is 0.262 e. The molecule has 2 heterocycles. The molecule has 0 aliphatic carbocycles. The van der Waals surface area contributed by atoms with Crippen LogP contribution >= 0.6 is 0 Å². The maximum absolute atomic E-state index is 15.5. The molecular formula is C28H20F3N5O3S. The Morgan fingerprint density at radius 1 is 1.00 bits per heavy atom. The molecule has 5 N–H and O–H groups in total. The van der Waals surface area contributed by atoms with Gasteiger partial charge in [-0.15, -0.1) is 0 Å². The number of sulfonamides is 1. The zero-order chi connectivity index (χ0) is 28.8. The lowest BCUT2D eigenvalue weighted by Gasteiger charge is -2.12. The second-order valence-corrected chi connectivity index (χ2v) is 10.6. The van der Waals surface area contributed by atoms with Crippen LogP contribution in [0.3, 0.4) is 0 Å². The molecular weight excluding hydrogens is 543 g/mol. The Kier molecular flexibility index (Phi) is 6.64. The number of hydrogen-bond donors (Lipinski definition) is 4. The highest BCUT2D eigenvalue weighted by Crippen LogP contribution is 2.31. The number of anilines is 2. The van der Waals surface area contributed by atoms with E-state index in [4.69, 9.17) is 11.1 Å². The van der Waals surface area contributed by atoms with Gasteiger partial charge in [0.1, 0.15) is 17.3 Å². The van der Waals surface area contributed by atoms with Crippen molar-refractivity contribution in [2.75, 3.05) is 10.5 Å². The number of carbonyl (C=O) groups excluding carboxylic acids is 1. The van der Waals surface area contributed by atoms with Crippen LogP contribution in [0.15, 0.2) is 78.0 Å². The van der Waals surface area contributed by atoms with E-state index in [0.29, 0.717) is 22.4 Å². The maximum atomic E-state index is 15.5. The SMILES string of the molecule is CC(=N)c1cc(-c2cnc3[nH]cc(C(=O)c4c(F)ccc(NS(=O)(=O)c5cccc(F)c5)c4F)c3c2)ccc1N. The average molecular weight is 564 g/mol. The second kappa shape index (κ2) is 9.97. The molecule has 5 rings (SSSR count). The third-order valence-corrected chi connectivity index (χ3v) is 7.60. The van der Waals surface area contributed by atoms with Gasteiger partial charge in [0.25, 0.3) is 10.0 Å². The lowest BCUT2D eigenvalue weighted by Crippen LogP contribution is -2.16. The zero-order valence-corrected chi connectivity index (χ0v) is 21.5. The summed E-state index contributed by atoms with van der Waals surface area (Å²) in [6.45, 7) is 1.59. The Hall–Kier alpha value is -4.97. The number of fused-ring (bicyclic) bond motifs is 1. The van der Waals surface area contributed by atoms with Crippen LogP contribution in [0.25, 0.3) is 22.2 Å². The summed E-state index contributed by atoms with van der Waals surface area (Å²) < 4.78 is 71.2. The van der Waals surface area contributed by atoms with Gasteiger partial charge in [-0.2, -0.15) is 0 Å². The summed E-state index contributed by atoms with van der Waals surface area (Å²) in [7, 11) is -4.46. The summed E-state index contributed by atoms with van der Waals surface area (Å²) in [5, 5.41) is 8.18. The highest BCUT2D eigenvalue weighted by Gasteiger charge is 2.26. The monoisotopic (exact) mass is 563 g/mol. The van der Waals surface area contributed by atoms with Crippen LogP contribution in [0, 0.1) is 22.9 Å². The highest BCUT2D eigenvalue weighted by atomic mass is 32.2. The molecule has 0 amide bonds. The van der Waals surface area contributed by atoms with Crippen LogP contribution in [0.2, 0.25) is 0 Å². The van der Waals surface area contributed by atoms with E-state index < -0.39 is 49.4 Å². The third-order valence-electron chi connectivity index (χ3n) is 6.24. The summed E-state index contributed by atoms with van der Waals surface area (Å²) in [6.07, 6.45) is 2.78. The minimum Gasteiger partial charge on any atom is -0.398 e. The van der Waals surface area contributed by atoms with E-state index in [9.17, 15) is 22.0 Å². The number of pyridine rings is 1. The molecule has 0 unspecified atom stereocenters. The Balaban J connectivity index is 1.55. The summed E-state index contributed by atoms with van der Waals surface area (Å²) >= 11 is 0. The minimum absolute atomic E-state index is 0.105. The molecule has 12 heteroatoms. The van der Waals surface area contributed by atoms with Crippen molar-refractivity contribution in [2.24, 2.45) is 0 Å². The normalized spacial score (nSPS) is 11.5. The first kappa shape index (κ1) is 26.6. The molecule has 0 bridgehead atoms. The number of aromatic amines is 1. The number of hydrogen-bond acceptors (Lipinski definition) is 6. The van der Waals surface area contributed by atoms with Crippen LogP contribution < -0.4 is 10.5 Å². The van der Waals surface area contributed by atoms with Gasteiger partial charge in [0, 0.05) is 45.9 Å². The van der Waals surface area contributed by atoms with Crippen LogP contribution in [-0.4, -0.2) is 29.9 Å². The summed E-state index contributed by atoms with van der Waals surface area (Å²) in [5.74, 6) is -4.53. The van der Waals surface area contributed by atoms with Crippen molar-refractivity contribution in [1.29, 1.82) is 5.41 Å². The number of nitrogens with one attached hydrogen (secondary N) is 3. The zero-order valence-electron chi connectivity index (χ0n) is 20.7. The molecule has 3 aromatic carbocycles. The van der Waals surface area contributed by atoms with E-state index in [2.05, 4.69) is 9.97 Å². The molecule has 0 atom stereocenters. The van der Waals surface area contributed by atoms with Crippen molar-refractivity contribution in [3.05, 3.63) is 107 Å². The molecule has 5 aromatic rings. The Labute approximate surface area is 226 Å². The number of nitrogens with zero attached hydrogens (tertiary/aromatic N) is 1. The van der Waals surface area contributed by atoms with Crippen molar-refractivity contribution in [3.8, 4) is 11.1 Å². The Morgan fingerprint density at radius 2 is 1.77 bits per heavy atom. The van der Waals surface area contributed by atoms with Gasteiger partial charge < -0.3 is 16.1 Å². The number of ketones is 1. The summed E-state index contributed by atoms with van der Waals surface area (Å²) in [6, 6.07) is 12.3. The van der Waals surface area contributed by atoms with Gasteiger partial charge >= 0.3 is 0 Å². The number of nitrogen functional groups attached to an aromatic ring is 1. The predicted molar refractivity (Wildman–Crippen MR) is 145 cm³/mol. The fraction of sp³-hybridized carbons (Fsp3) is 0.0357. The first-order valence-electron chi connectivity index (χ1n) is 11.7. The van der Waals surface area contributed by atoms with Gasteiger partial charge in [-0.25, -0.2) is 26.6 Å². The maximum Gasteiger partial charge on any atom is 0.262 e. The van der Waals surface area contributed by atoms with Gasteiger partial charge in [-0.05, 0) is 61.0 Å². The molecule has 0 radical (unpaired) electrons. The van der Waals surface area contributed by atoms with Crippen molar-refractivity contribution in [1.82, 2.24) is 9.97 Å².